The van der Waals surface area contributed by atoms with Crippen molar-refractivity contribution >= 4 is 18.6 Å². The normalized spacial score (nSPS) is 10.5. The van der Waals surface area contributed by atoms with Crippen molar-refractivity contribution in [2.45, 2.75) is 11.3 Å². The number of carbonyl (C=O) groups excluding carboxylic acids is 1. The minimum absolute atomic E-state index is 0.0854. The van der Waals surface area contributed by atoms with Gasteiger partial charge in [0.25, 0.3) is 0 Å². The molecule has 6 heteroatoms. The van der Waals surface area contributed by atoms with Crippen molar-refractivity contribution in [1.82, 2.24) is 0 Å². The van der Waals surface area contributed by atoms with Crippen LogP contribution in [0.25, 0.3) is 0 Å². The summed E-state index contributed by atoms with van der Waals surface area (Å²) in [4.78, 5) is 12.1. The van der Waals surface area contributed by atoms with E-state index >= 15 is 0 Å². The number of esters is 1. The first-order valence-electron chi connectivity index (χ1n) is 5.87. The highest BCUT2D eigenvalue weighted by Gasteiger charge is 2.13. The smallest absolute Gasteiger partial charge is 0.341 e. The van der Waals surface area contributed by atoms with Crippen molar-refractivity contribution in [2.24, 2.45) is 0 Å². The van der Waals surface area contributed by atoms with Crippen LogP contribution in [0.15, 0.2) is 23.1 Å². The Balaban J connectivity index is 2.26. The van der Waals surface area contributed by atoms with Crippen LogP contribution >= 0.6 is 12.6 Å². The standard InChI is InChI=1S/C13H17FO4S/c1-16-5-2-6-17-7-8-18-13(15)11-9-10(19)3-4-12(11)14/h3-4,9,19H,2,5-8H2,1H3. The van der Waals surface area contributed by atoms with Crippen LogP contribution in [0.4, 0.5) is 4.39 Å². The summed E-state index contributed by atoms with van der Waals surface area (Å²) in [7, 11) is 1.62. The molecule has 0 aliphatic heterocycles. The van der Waals surface area contributed by atoms with Crippen LogP contribution in [0, 0.1) is 5.82 Å². The highest BCUT2D eigenvalue weighted by atomic mass is 32.1. The van der Waals surface area contributed by atoms with E-state index < -0.39 is 11.8 Å². The first kappa shape index (κ1) is 15.9. The number of benzene rings is 1. The number of hydrogen-bond acceptors (Lipinski definition) is 5. The largest absolute Gasteiger partial charge is 0.460 e. The molecule has 0 aliphatic rings. The second-order valence-corrected chi connectivity index (χ2v) is 4.28. The van der Waals surface area contributed by atoms with Crippen LogP contribution in [0.2, 0.25) is 0 Å². The number of halogens is 1. The minimum atomic E-state index is -0.714. The van der Waals surface area contributed by atoms with Gasteiger partial charge in [-0.1, -0.05) is 0 Å². The van der Waals surface area contributed by atoms with Crippen LogP contribution in [0.1, 0.15) is 16.8 Å². The van der Waals surface area contributed by atoms with E-state index in [0.29, 0.717) is 18.1 Å². The summed E-state index contributed by atoms with van der Waals surface area (Å²) in [6, 6.07) is 3.98. The van der Waals surface area contributed by atoms with Gasteiger partial charge < -0.3 is 14.2 Å². The monoisotopic (exact) mass is 288 g/mol. The molecule has 0 N–H and O–H groups in total. The number of methoxy groups -OCH3 is 1. The summed E-state index contributed by atoms with van der Waals surface area (Å²) >= 11 is 4.04. The molecule has 0 atom stereocenters. The molecule has 0 heterocycles. The average molecular weight is 288 g/mol. The van der Waals surface area contributed by atoms with Gasteiger partial charge in [-0.2, -0.15) is 0 Å². The van der Waals surface area contributed by atoms with Gasteiger partial charge in [-0.15, -0.1) is 12.6 Å². The van der Waals surface area contributed by atoms with Crippen LogP contribution in [0.5, 0.6) is 0 Å². The van der Waals surface area contributed by atoms with E-state index in [1.165, 1.54) is 18.2 Å². The molecule has 1 aromatic rings. The third kappa shape index (κ3) is 6.04. The van der Waals surface area contributed by atoms with Crippen molar-refractivity contribution in [2.75, 3.05) is 33.5 Å². The van der Waals surface area contributed by atoms with E-state index in [1.807, 2.05) is 0 Å². The molecule has 0 fully saturated rings. The van der Waals surface area contributed by atoms with Crippen molar-refractivity contribution in [3.8, 4) is 0 Å². The molecular weight excluding hydrogens is 271 g/mol. The highest BCUT2D eigenvalue weighted by molar-refractivity contribution is 7.80. The molecule has 1 rings (SSSR count). The van der Waals surface area contributed by atoms with E-state index in [1.54, 1.807) is 7.11 Å². The Morgan fingerprint density at radius 2 is 2.05 bits per heavy atom. The number of thiol groups is 1. The van der Waals surface area contributed by atoms with Crippen LogP contribution in [-0.2, 0) is 14.2 Å². The zero-order valence-corrected chi connectivity index (χ0v) is 11.6. The Morgan fingerprint density at radius 1 is 1.26 bits per heavy atom. The third-order valence-corrected chi connectivity index (χ3v) is 2.55. The van der Waals surface area contributed by atoms with Gasteiger partial charge in [0.2, 0.25) is 0 Å². The number of rotatable bonds is 8. The number of ether oxygens (including phenoxy) is 3. The van der Waals surface area contributed by atoms with Crippen LogP contribution in [0.3, 0.4) is 0 Å². The lowest BCUT2D eigenvalue weighted by molar-refractivity contribution is 0.0284. The second-order valence-electron chi connectivity index (χ2n) is 3.76. The lowest BCUT2D eigenvalue weighted by Gasteiger charge is -2.07. The zero-order valence-electron chi connectivity index (χ0n) is 10.7. The molecule has 106 valence electrons. The van der Waals surface area contributed by atoms with Crippen LogP contribution < -0.4 is 0 Å². The van der Waals surface area contributed by atoms with Gasteiger partial charge in [-0.25, -0.2) is 9.18 Å². The summed E-state index contributed by atoms with van der Waals surface area (Å²) in [5, 5.41) is 0. The fraction of sp³-hybridized carbons (Fsp3) is 0.462. The topological polar surface area (TPSA) is 44.8 Å². The number of carbonyl (C=O) groups is 1. The third-order valence-electron chi connectivity index (χ3n) is 2.27. The van der Waals surface area contributed by atoms with E-state index in [9.17, 15) is 9.18 Å². The van der Waals surface area contributed by atoms with Crippen LogP contribution in [-0.4, -0.2) is 39.5 Å². The maximum Gasteiger partial charge on any atom is 0.341 e. The quantitative estimate of drug-likeness (QED) is 0.453. The molecule has 0 unspecified atom stereocenters. The van der Waals surface area contributed by atoms with Crippen molar-refractivity contribution in [3.05, 3.63) is 29.6 Å². The lowest BCUT2D eigenvalue weighted by atomic mass is 10.2. The molecule has 0 saturated carbocycles. The second kappa shape index (κ2) is 8.90. The fourth-order valence-corrected chi connectivity index (χ4v) is 1.55. The molecule has 4 nitrogen and oxygen atoms in total. The molecule has 0 radical (unpaired) electrons. The Kier molecular flexibility index (Phi) is 7.47. The molecule has 0 amide bonds. The van der Waals surface area contributed by atoms with Gasteiger partial charge in [-0.05, 0) is 24.6 Å². The highest BCUT2D eigenvalue weighted by Crippen LogP contribution is 2.14. The predicted octanol–water partition coefficient (Wildman–Crippen LogP) is 2.32. The zero-order chi connectivity index (χ0) is 14.1. The van der Waals surface area contributed by atoms with Crippen molar-refractivity contribution in [1.29, 1.82) is 0 Å². The average Bonchev–Trinajstić information content (AvgIpc) is 2.40. The Morgan fingerprint density at radius 3 is 2.79 bits per heavy atom. The first-order chi connectivity index (χ1) is 9.15. The van der Waals surface area contributed by atoms with Gasteiger partial charge in [0.1, 0.15) is 12.4 Å². The van der Waals surface area contributed by atoms with Gasteiger partial charge in [-0.3, -0.25) is 0 Å². The molecule has 1 aromatic carbocycles. The van der Waals surface area contributed by atoms with Crippen molar-refractivity contribution in [3.63, 3.8) is 0 Å². The van der Waals surface area contributed by atoms with E-state index in [-0.39, 0.29) is 18.8 Å². The van der Waals surface area contributed by atoms with Gasteiger partial charge >= 0.3 is 5.97 Å². The fourth-order valence-electron chi connectivity index (χ4n) is 1.35. The Labute approximate surface area is 117 Å². The summed E-state index contributed by atoms with van der Waals surface area (Å²) in [6.07, 6.45) is 0.779. The predicted molar refractivity (Wildman–Crippen MR) is 71.2 cm³/mol. The SMILES string of the molecule is COCCCOCCOC(=O)c1cc(S)ccc1F. The van der Waals surface area contributed by atoms with E-state index in [0.717, 1.165) is 6.42 Å². The van der Waals surface area contributed by atoms with E-state index in [4.69, 9.17) is 14.2 Å². The molecule has 0 aliphatic carbocycles. The summed E-state index contributed by atoms with van der Waals surface area (Å²) in [6.45, 7) is 1.52. The lowest BCUT2D eigenvalue weighted by Crippen LogP contribution is -2.13. The molecule has 0 saturated heterocycles. The molecule has 19 heavy (non-hydrogen) atoms. The minimum Gasteiger partial charge on any atom is -0.460 e. The van der Waals surface area contributed by atoms with Gasteiger partial charge in [0, 0.05) is 25.2 Å². The molecule has 0 aromatic heterocycles. The van der Waals surface area contributed by atoms with E-state index in [2.05, 4.69) is 12.6 Å². The molecule has 0 spiro atoms. The van der Waals surface area contributed by atoms with Gasteiger partial charge in [0.15, 0.2) is 0 Å². The summed E-state index contributed by atoms with van der Waals surface area (Å²) in [5.74, 6) is -1.34. The molecule has 0 bridgehead atoms. The number of hydrogen-bond donors (Lipinski definition) is 1. The van der Waals surface area contributed by atoms with Crippen molar-refractivity contribution < 1.29 is 23.4 Å². The van der Waals surface area contributed by atoms with Gasteiger partial charge in [0.05, 0.1) is 12.2 Å². The maximum atomic E-state index is 13.4. The Bertz CT molecular complexity index is 412. The molecular formula is C13H17FO4S. The summed E-state index contributed by atoms with van der Waals surface area (Å²) < 4.78 is 28.3. The maximum absolute atomic E-state index is 13.4. The Hall–Kier alpha value is -1.11. The summed E-state index contributed by atoms with van der Waals surface area (Å²) in [5.41, 5.74) is -0.119. The first-order valence-corrected chi connectivity index (χ1v) is 6.32.